The number of carbonyl (C=O) groups is 1. The Balaban J connectivity index is 2.89. The molecule has 1 heterocycles. The summed E-state index contributed by atoms with van der Waals surface area (Å²) < 4.78 is 18.1. The smallest absolute Gasteiger partial charge is 0.412 e. The van der Waals surface area contributed by atoms with E-state index in [1.54, 1.807) is 4.90 Å². The second-order valence-electron chi connectivity index (χ2n) is 11.0. The third-order valence-electron chi connectivity index (χ3n) is 5.76. The summed E-state index contributed by atoms with van der Waals surface area (Å²) in [4.78, 5) is 14.6. The van der Waals surface area contributed by atoms with E-state index in [0.29, 0.717) is 19.1 Å². The van der Waals surface area contributed by atoms with Crippen LogP contribution >= 0.6 is 0 Å². The summed E-state index contributed by atoms with van der Waals surface area (Å²) in [5.74, 6) is 0.291. The number of allylic oxidation sites excluding steroid dienone is 1. The molecule has 0 saturated carbocycles. The Morgan fingerprint density at radius 3 is 2.32 bits per heavy atom. The van der Waals surface area contributed by atoms with Gasteiger partial charge in [0.15, 0.2) is 8.32 Å². The topological polar surface area (TPSA) is 48.0 Å². The highest BCUT2D eigenvalue weighted by molar-refractivity contribution is 6.74. The van der Waals surface area contributed by atoms with Gasteiger partial charge in [-0.15, -0.1) is 6.58 Å². The minimum Gasteiger partial charge on any atom is -0.444 e. The molecule has 2 atom stereocenters. The van der Waals surface area contributed by atoms with Crippen LogP contribution in [0, 0.1) is 5.92 Å². The maximum Gasteiger partial charge on any atom is 0.412 e. The summed E-state index contributed by atoms with van der Waals surface area (Å²) in [6.07, 6.45) is 3.29. The second-order valence-corrected chi connectivity index (χ2v) is 15.8. The maximum atomic E-state index is 12.9. The summed E-state index contributed by atoms with van der Waals surface area (Å²) in [7, 11) is -1.82. The molecule has 0 N–H and O–H groups in total. The lowest BCUT2D eigenvalue weighted by molar-refractivity contribution is -0.0632. The Labute approximate surface area is 173 Å². The Morgan fingerprint density at radius 1 is 1.29 bits per heavy atom. The number of hydrogen-bond acceptors (Lipinski definition) is 4. The van der Waals surface area contributed by atoms with Crippen LogP contribution in [0.15, 0.2) is 12.7 Å². The predicted molar refractivity (Wildman–Crippen MR) is 118 cm³/mol. The number of carbonyl (C=O) groups excluding carboxylic acids is 1. The first-order chi connectivity index (χ1) is 12.5. The van der Waals surface area contributed by atoms with Gasteiger partial charge in [0, 0.05) is 6.61 Å². The van der Waals surface area contributed by atoms with Gasteiger partial charge in [-0.1, -0.05) is 26.8 Å². The largest absolute Gasteiger partial charge is 0.444 e. The molecule has 1 unspecified atom stereocenters. The summed E-state index contributed by atoms with van der Waals surface area (Å²) in [6.45, 7) is 25.9. The lowest BCUT2D eigenvalue weighted by Crippen LogP contribution is -2.50. The average Bonchev–Trinajstić information content (AvgIpc) is 2.77. The van der Waals surface area contributed by atoms with E-state index >= 15 is 0 Å². The molecule has 1 amide bonds. The fraction of sp³-hybridized carbons (Fsp3) is 0.864. The molecule has 1 aliphatic rings. The fourth-order valence-electron chi connectivity index (χ4n) is 3.13. The minimum atomic E-state index is -1.82. The monoisotopic (exact) mass is 413 g/mol. The van der Waals surface area contributed by atoms with Crippen LogP contribution in [0.4, 0.5) is 4.79 Å². The molecule has 0 radical (unpaired) electrons. The van der Waals surface area contributed by atoms with Crippen LogP contribution in [0.5, 0.6) is 0 Å². The molecule has 0 aromatic carbocycles. The van der Waals surface area contributed by atoms with Gasteiger partial charge in [0.1, 0.15) is 11.3 Å². The Bertz CT molecular complexity index is 546. The zero-order valence-electron chi connectivity index (χ0n) is 19.8. The summed E-state index contributed by atoms with van der Waals surface area (Å²) >= 11 is 0. The van der Waals surface area contributed by atoms with Crippen LogP contribution in [0.25, 0.3) is 0 Å². The van der Waals surface area contributed by atoms with Crippen LogP contribution in [-0.4, -0.2) is 49.9 Å². The Kier molecular flexibility index (Phi) is 7.99. The quantitative estimate of drug-likeness (QED) is 0.381. The van der Waals surface area contributed by atoms with E-state index in [4.69, 9.17) is 13.9 Å². The van der Waals surface area contributed by atoms with Crippen LogP contribution in [0.2, 0.25) is 18.1 Å². The van der Waals surface area contributed by atoms with E-state index in [-0.39, 0.29) is 17.2 Å². The molecule has 5 nitrogen and oxygen atoms in total. The van der Waals surface area contributed by atoms with Crippen molar-refractivity contribution >= 4 is 14.4 Å². The first kappa shape index (κ1) is 25.2. The van der Waals surface area contributed by atoms with Gasteiger partial charge in [-0.3, -0.25) is 4.90 Å². The SMILES string of the molecule is C=CCC(CO[Si](C)(C)C(C)(C)C)C[C@@H]1COC(C)(C)N1C(=O)OC(C)(C)C. The Hall–Kier alpha value is -0.853. The lowest BCUT2D eigenvalue weighted by atomic mass is 9.97. The van der Waals surface area contributed by atoms with Gasteiger partial charge in [-0.25, -0.2) is 4.79 Å². The molecule has 6 heteroatoms. The summed E-state index contributed by atoms with van der Waals surface area (Å²) in [6, 6.07) is -0.0298. The number of ether oxygens (including phenoxy) is 2. The van der Waals surface area contributed by atoms with Crippen molar-refractivity contribution in [2.75, 3.05) is 13.2 Å². The fourth-order valence-corrected chi connectivity index (χ4v) is 4.22. The van der Waals surface area contributed by atoms with Crippen molar-refractivity contribution in [2.45, 2.75) is 104 Å². The highest BCUT2D eigenvalue weighted by Crippen LogP contribution is 2.38. The molecule has 0 aromatic heterocycles. The van der Waals surface area contributed by atoms with Crippen LogP contribution < -0.4 is 0 Å². The van der Waals surface area contributed by atoms with Gasteiger partial charge in [-0.05, 0) is 71.5 Å². The van der Waals surface area contributed by atoms with E-state index in [0.717, 1.165) is 12.8 Å². The van der Waals surface area contributed by atoms with E-state index in [2.05, 4.69) is 40.4 Å². The van der Waals surface area contributed by atoms with Crippen molar-refractivity contribution in [3.8, 4) is 0 Å². The van der Waals surface area contributed by atoms with Crippen molar-refractivity contribution in [2.24, 2.45) is 5.92 Å². The maximum absolute atomic E-state index is 12.9. The Morgan fingerprint density at radius 2 is 1.86 bits per heavy atom. The number of amides is 1. The van der Waals surface area contributed by atoms with Gasteiger partial charge >= 0.3 is 6.09 Å². The van der Waals surface area contributed by atoms with E-state index in [9.17, 15) is 4.79 Å². The zero-order chi connectivity index (χ0) is 22.0. The summed E-state index contributed by atoms with van der Waals surface area (Å²) in [5.41, 5.74) is -1.21. The van der Waals surface area contributed by atoms with Crippen molar-refractivity contribution in [1.82, 2.24) is 4.90 Å². The minimum absolute atomic E-state index is 0.0298. The van der Waals surface area contributed by atoms with Crippen LogP contribution in [-0.2, 0) is 13.9 Å². The molecule has 1 aliphatic heterocycles. The van der Waals surface area contributed by atoms with Gasteiger partial charge < -0.3 is 13.9 Å². The normalized spacial score (nSPS) is 21.5. The molecule has 28 heavy (non-hydrogen) atoms. The number of hydrogen-bond donors (Lipinski definition) is 0. The van der Waals surface area contributed by atoms with Gasteiger partial charge in [0.05, 0.1) is 12.6 Å². The molecule has 1 fully saturated rings. The highest BCUT2D eigenvalue weighted by Gasteiger charge is 2.46. The first-order valence-corrected chi connectivity index (χ1v) is 13.3. The summed E-state index contributed by atoms with van der Waals surface area (Å²) in [5, 5.41) is 0.173. The number of nitrogens with zero attached hydrogens (tertiary/aromatic N) is 1. The number of rotatable bonds is 7. The van der Waals surface area contributed by atoms with Crippen LogP contribution in [0.1, 0.15) is 68.2 Å². The molecule has 1 saturated heterocycles. The van der Waals surface area contributed by atoms with Crippen molar-refractivity contribution in [3.05, 3.63) is 12.7 Å². The molecule has 0 aromatic rings. The predicted octanol–water partition coefficient (Wildman–Crippen LogP) is 5.96. The zero-order valence-corrected chi connectivity index (χ0v) is 20.8. The lowest BCUT2D eigenvalue weighted by Gasteiger charge is -2.38. The van der Waals surface area contributed by atoms with Crippen molar-refractivity contribution < 1.29 is 18.7 Å². The third kappa shape index (κ3) is 6.89. The first-order valence-electron chi connectivity index (χ1n) is 10.4. The molecule has 1 rings (SSSR count). The molecule has 164 valence electrons. The van der Waals surface area contributed by atoms with Crippen molar-refractivity contribution in [3.63, 3.8) is 0 Å². The van der Waals surface area contributed by atoms with E-state index < -0.39 is 19.6 Å². The van der Waals surface area contributed by atoms with E-state index in [1.165, 1.54) is 0 Å². The molecule has 0 aliphatic carbocycles. The average molecular weight is 414 g/mol. The van der Waals surface area contributed by atoms with E-state index in [1.807, 2.05) is 40.7 Å². The van der Waals surface area contributed by atoms with Crippen molar-refractivity contribution in [1.29, 1.82) is 0 Å². The second kappa shape index (κ2) is 8.88. The van der Waals surface area contributed by atoms with Gasteiger partial charge in [0.25, 0.3) is 0 Å². The van der Waals surface area contributed by atoms with Gasteiger partial charge in [-0.2, -0.15) is 0 Å². The molecule has 0 spiro atoms. The van der Waals surface area contributed by atoms with Gasteiger partial charge in [0.2, 0.25) is 0 Å². The third-order valence-corrected chi connectivity index (χ3v) is 10.3. The molecule has 0 bridgehead atoms. The standard InChI is InChI=1S/C22H43NO4Si/c1-12-13-17(15-26-28(10,11)21(5,6)7)14-18-16-25-22(8,9)23(18)19(24)27-20(2,3)4/h12,17-18H,1,13-16H2,2-11H3/t17?,18-/m1/s1. The molecular weight excluding hydrogens is 370 g/mol. The highest BCUT2D eigenvalue weighted by atomic mass is 28.4. The van der Waals surface area contributed by atoms with Crippen LogP contribution in [0.3, 0.4) is 0 Å². The molecular formula is C22H43NO4Si.